The van der Waals surface area contributed by atoms with Crippen LogP contribution in [0.1, 0.15) is 5.82 Å². The maximum atomic E-state index is 8.88. The molecule has 0 aliphatic rings. The molecule has 0 amide bonds. The van der Waals surface area contributed by atoms with Crippen LogP contribution in [-0.2, 0) is 0 Å². The van der Waals surface area contributed by atoms with Gasteiger partial charge in [-0.2, -0.15) is 0 Å². The summed E-state index contributed by atoms with van der Waals surface area (Å²) in [6.07, 6.45) is 0. The van der Waals surface area contributed by atoms with Gasteiger partial charge in [-0.05, 0) is 31.2 Å². The lowest BCUT2D eigenvalue weighted by Crippen LogP contribution is -2.10. The van der Waals surface area contributed by atoms with E-state index in [1.165, 1.54) is 0 Å². The molecule has 1 heterocycles. The molecular weight excluding hydrogens is 244 g/mol. The van der Waals surface area contributed by atoms with Crippen molar-refractivity contribution in [2.24, 2.45) is 0 Å². The lowest BCUT2D eigenvalue weighted by molar-refractivity contribution is 0.311. The highest BCUT2D eigenvalue weighted by atomic mass is 16.5. The van der Waals surface area contributed by atoms with Gasteiger partial charge < -0.3 is 15.2 Å². The Morgan fingerprint density at radius 2 is 1.95 bits per heavy atom. The number of aromatic nitrogens is 3. The van der Waals surface area contributed by atoms with Gasteiger partial charge in [-0.15, -0.1) is 10.2 Å². The van der Waals surface area contributed by atoms with E-state index in [-0.39, 0.29) is 6.61 Å². The molecule has 1 aromatic heterocycles. The molecule has 2 aromatic rings. The Kier molecular flexibility index (Phi) is 4.25. The number of ether oxygens (including phenoxy) is 1. The summed E-state index contributed by atoms with van der Waals surface area (Å²) >= 11 is 0. The minimum absolute atomic E-state index is 0.0328. The lowest BCUT2D eigenvalue weighted by atomic mass is 10.1. The summed E-state index contributed by atoms with van der Waals surface area (Å²) in [5, 5.41) is 20.1. The smallest absolute Gasteiger partial charge is 0.156 e. The topological polar surface area (TPSA) is 80.2 Å². The number of nitrogens with one attached hydrogen (secondary N) is 1. The lowest BCUT2D eigenvalue weighted by Gasteiger charge is -2.09. The Labute approximate surface area is 111 Å². The standard InChI is InChI=1S/C13H16N4O2/c1-9-15-13(14-7-8-18)12(17-16-9)10-3-5-11(19-2)6-4-10/h3-6,18H,7-8H2,1-2H3,(H,14,15,16). The predicted octanol–water partition coefficient (Wildman–Crippen LogP) is 1.26. The van der Waals surface area contributed by atoms with E-state index in [0.717, 1.165) is 11.3 Å². The third-order valence-corrected chi connectivity index (χ3v) is 2.56. The third-order valence-electron chi connectivity index (χ3n) is 2.56. The predicted molar refractivity (Wildman–Crippen MR) is 72.1 cm³/mol. The van der Waals surface area contributed by atoms with Crippen molar-refractivity contribution in [2.75, 3.05) is 25.6 Å². The minimum atomic E-state index is 0.0328. The molecule has 1 aromatic carbocycles. The van der Waals surface area contributed by atoms with E-state index in [1.807, 2.05) is 24.3 Å². The molecule has 0 radical (unpaired) electrons. The molecule has 2 N–H and O–H groups in total. The summed E-state index contributed by atoms with van der Waals surface area (Å²) in [5.41, 5.74) is 1.54. The summed E-state index contributed by atoms with van der Waals surface area (Å²) in [4.78, 5) is 4.30. The first-order chi connectivity index (χ1) is 9.24. The molecule has 19 heavy (non-hydrogen) atoms. The second-order valence-corrected chi connectivity index (χ2v) is 3.94. The van der Waals surface area contributed by atoms with Gasteiger partial charge in [0.2, 0.25) is 0 Å². The molecule has 0 fully saturated rings. The SMILES string of the molecule is COc1ccc(-c2nnc(C)nc2NCCO)cc1. The van der Waals surface area contributed by atoms with E-state index in [9.17, 15) is 0 Å². The Morgan fingerprint density at radius 1 is 1.21 bits per heavy atom. The first-order valence-electron chi connectivity index (χ1n) is 5.95. The number of hydrogen-bond donors (Lipinski definition) is 2. The molecule has 0 aliphatic carbocycles. The third kappa shape index (κ3) is 3.17. The molecule has 0 saturated carbocycles. The van der Waals surface area contributed by atoms with Crippen LogP contribution in [0.4, 0.5) is 5.82 Å². The van der Waals surface area contributed by atoms with Crippen LogP contribution in [0, 0.1) is 6.92 Å². The Bertz CT molecular complexity index is 543. The molecule has 0 saturated heterocycles. The number of aliphatic hydroxyl groups is 1. The van der Waals surface area contributed by atoms with Gasteiger partial charge in [0.25, 0.3) is 0 Å². The van der Waals surface area contributed by atoms with Crippen molar-refractivity contribution in [3.63, 3.8) is 0 Å². The van der Waals surface area contributed by atoms with Crippen LogP contribution in [0.15, 0.2) is 24.3 Å². The number of methoxy groups -OCH3 is 1. The summed E-state index contributed by atoms with van der Waals surface area (Å²) in [6.45, 7) is 2.22. The van der Waals surface area contributed by atoms with Crippen molar-refractivity contribution in [2.45, 2.75) is 6.92 Å². The molecule has 6 heteroatoms. The van der Waals surface area contributed by atoms with Gasteiger partial charge in [0, 0.05) is 12.1 Å². The largest absolute Gasteiger partial charge is 0.497 e. The van der Waals surface area contributed by atoms with Crippen LogP contribution < -0.4 is 10.1 Å². The van der Waals surface area contributed by atoms with Gasteiger partial charge in [0.05, 0.1) is 13.7 Å². The number of rotatable bonds is 5. The van der Waals surface area contributed by atoms with Gasteiger partial charge in [-0.1, -0.05) is 0 Å². The molecule has 0 bridgehead atoms. The quantitative estimate of drug-likeness (QED) is 0.842. The van der Waals surface area contributed by atoms with Crippen LogP contribution in [0.5, 0.6) is 5.75 Å². The number of aliphatic hydroxyl groups excluding tert-OH is 1. The van der Waals surface area contributed by atoms with Crippen molar-refractivity contribution in [3.05, 3.63) is 30.1 Å². The normalized spacial score (nSPS) is 10.3. The average molecular weight is 260 g/mol. The Morgan fingerprint density at radius 3 is 2.58 bits per heavy atom. The second-order valence-electron chi connectivity index (χ2n) is 3.94. The number of hydrogen-bond acceptors (Lipinski definition) is 6. The van der Waals surface area contributed by atoms with Crippen molar-refractivity contribution in [3.8, 4) is 17.0 Å². The number of nitrogens with zero attached hydrogens (tertiary/aromatic N) is 3. The van der Waals surface area contributed by atoms with Gasteiger partial charge >= 0.3 is 0 Å². The van der Waals surface area contributed by atoms with Crippen molar-refractivity contribution in [1.82, 2.24) is 15.2 Å². The van der Waals surface area contributed by atoms with Gasteiger partial charge in [0.15, 0.2) is 5.82 Å². The minimum Gasteiger partial charge on any atom is -0.497 e. The van der Waals surface area contributed by atoms with E-state index in [2.05, 4.69) is 20.5 Å². The maximum absolute atomic E-state index is 8.88. The highest BCUT2D eigenvalue weighted by Crippen LogP contribution is 2.25. The fourth-order valence-corrected chi connectivity index (χ4v) is 1.65. The molecule has 6 nitrogen and oxygen atoms in total. The van der Waals surface area contributed by atoms with Gasteiger partial charge in [-0.25, -0.2) is 4.98 Å². The molecule has 0 aliphatic heterocycles. The highest BCUT2D eigenvalue weighted by Gasteiger charge is 2.09. The van der Waals surface area contributed by atoms with Gasteiger partial charge in [0.1, 0.15) is 17.3 Å². The fraction of sp³-hybridized carbons (Fsp3) is 0.308. The first kappa shape index (κ1) is 13.2. The number of aryl methyl sites for hydroxylation is 1. The Hall–Kier alpha value is -2.21. The average Bonchev–Trinajstić information content (AvgIpc) is 2.45. The van der Waals surface area contributed by atoms with E-state index in [1.54, 1.807) is 14.0 Å². The fourth-order valence-electron chi connectivity index (χ4n) is 1.65. The van der Waals surface area contributed by atoms with Crippen LogP contribution >= 0.6 is 0 Å². The zero-order valence-electron chi connectivity index (χ0n) is 10.9. The van der Waals surface area contributed by atoms with Crippen LogP contribution in [0.25, 0.3) is 11.3 Å². The van der Waals surface area contributed by atoms with Crippen LogP contribution in [0.2, 0.25) is 0 Å². The maximum Gasteiger partial charge on any atom is 0.156 e. The molecular formula is C13H16N4O2. The second kappa shape index (κ2) is 6.10. The summed E-state index contributed by atoms with van der Waals surface area (Å²) in [7, 11) is 1.62. The van der Waals surface area contributed by atoms with E-state index in [4.69, 9.17) is 9.84 Å². The zero-order valence-corrected chi connectivity index (χ0v) is 10.9. The van der Waals surface area contributed by atoms with E-state index >= 15 is 0 Å². The summed E-state index contributed by atoms with van der Waals surface area (Å²) in [6, 6.07) is 7.49. The monoisotopic (exact) mass is 260 g/mol. The Balaban J connectivity index is 2.36. The van der Waals surface area contributed by atoms with Crippen molar-refractivity contribution < 1.29 is 9.84 Å². The molecule has 0 unspecified atom stereocenters. The van der Waals surface area contributed by atoms with Crippen LogP contribution in [0.3, 0.4) is 0 Å². The molecule has 0 spiro atoms. The number of benzene rings is 1. The van der Waals surface area contributed by atoms with E-state index < -0.39 is 0 Å². The zero-order chi connectivity index (χ0) is 13.7. The molecule has 100 valence electrons. The molecule has 0 atom stereocenters. The van der Waals surface area contributed by atoms with E-state index in [0.29, 0.717) is 23.9 Å². The highest BCUT2D eigenvalue weighted by molar-refractivity contribution is 5.71. The first-order valence-corrected chi connectivity index (χ1v) is 5.95. The van der Waals surface area contributed by atoms with Gasteiger partial charge in [-0.3, -0.25) is 0 Å². The van der Waals surface area contributed by atoms with Crippen LogP contribution in [-0.4, -0.2) is 40.5 Å². The van der Waals surface area contributed by atoms with Crippen molar-refractivity contribution >= 4 is 5.82 Å². The summed E-state index contributed by atoms with van der Waals surface area (Å²) < 4.78 is 5.12. The van der Waals surface area contributed by atoms with Crippen molar-refractivity contribution in [1.29, 1.82) is 0 Å². The molecule has 2 rings (SSSR count). The number of anilines is 1. The summed E-state index contributed by atoms with van der Waals surface area (Å²) in [5.74, 6) is 1.98.